The number of likely N-dealkylation sites (N-methyl/N-ethyl adjacent to an activating group) is 1. The zero-order valence-electron chi connectivity index (χ0n) is 22.4. The number of carbonyl (C=O) groups excluding carboxylic acids is 2. The van der Waals surface area contributed by atoms with Crippen LogP contribution in [0.25, 0.3) is 11.2 Å². The Bertz CT molecular complexity index is 1330. The van der Waals surface area contributed by atoms with Gasteiger partial charge < -0.3 is 35.6 Å². The average Bonchev–Trinajstić information content (AvgIpc) is 3.62. The van der Waals surface area contributed by atoms with Crippen molar-refractivity contribution in [1.82, 2.24) is 34.6 Å². The van der Waals surface area contributed by atoms with E-state index in [0.29, 0.717) is 26.2 Å². The van der Waals surface area contributed by atoms with Gasteiger partial charge in [0.1, 0.15) is 23.3 Å². The van der Waals surface area contributed by atoms with E-state index in [0.717, 1.165) is 6.42 Å². The maximum absolute atomic E-state index is 12.5. The third kappa shape index (κ3) is 5.22. The summed E-state index contributed by atoms with van der Waals surface area (Å²) < 4.78 is 12.6. The third-order valence-corrected chi connectivity index (χ3v) is 7.03. The molecule has 2 aromatic rings. The number of hydrogen-bond donors (Lipinski definition) is 4. The van der Waals surface area contributed by atoms with Crippen molar-refractivity contribution < 1.29 is 29.3 Å². The number of fused-ring (bicyclic) bond motifs is 3. The molecule has 0 saturated carbocycles. The quantitative estimate of drug-likeness (QED) is 0.355. The van der Waals surface area contributed by atoms with E-state index in [-0.39, 0.29) is 41.0 Å². The van der Waals surface area contributed by atoms with E-state index in [2.05, 4.69) is 37.0 Å². The topological polar surface area (TPSA) is 181 Å². The van der Waals surface area contributed by atoms with Crippen molar-refractivity contribution in [2.24, 2.45) is 0 Å². The number of nitrogen functional groups attached to an aromatic ring is 1. The molecule has 0 aromatic carbocycles. The second kappa shape index (κ2) is 10.2. The number of likely N-dealkylation sites (tertiary alicyclic amines) is 2. The van der Waals surface area contributed by atoms with Crippen LogP contribution in [0.5, 0.6) is 0 Å². The highest BCUT2D eigenvalue weighted by atomic mass is 16.6. The SMILES string of the molecule is CCNC(=O)C1OC(n2cnc3c(N)nc(C#CCN4CC5CC4CN5C(=O)OC(C)(C)C)nc32)C(O)C1O. The van der Waals surface area contributed by atoms with E-state index in [1.54, 1.807) is 11.8 Å². The maximum atomic E-state index is 12.5. The molecule has 2 amide bonds. The number of piperazine rings is 1. The minimum absolute atomic E-state index is 0.0978. The number of carbonyl (C=O) groups is 2. The molecule has 3 fully saturated rings. The molecule has 3 aliphatic heterocycles. The Balaban J connectivity index is 1.28. The fourth-order valence-corrected chi connectivity index (χ4v) is 5.27. The summed E-state index contributed by atoms with van der Waals surface area (Å²) in [6.07, 6.45) is -3.22. The Morgan fingerprint density at radius 1 is 1.23 bits per heavy atom. The summed E-state index contributed by atoms with van der Waals surface area (Å²) in [5.74, 6) is 5.77. The molecule has 3 aliphatic rings. The first-order chi connectivity index (χ1) is 18.5. The molecular weight excluding hydrogens is 508 g/mol. The highest BCUT2D eigenvalue weighted by Crippen LogP contribution is 2.33. The van der Waals surface area contributed by atoms with Gasteiger partial charge in [-0.2, -0.15) is 0 Å². The Morgan fingerprint density at radius 2 is 2.00 bits per heavy atom. The molecule has 14 heteroatoms. The van der Waals surface area contributed by atoms with Gasteiger partial charge in [-0.25, -0.2) is 19.7 Å². The third-order valence-electron chi connectivity index (χ3n) is 7.03. The number of aliphatic hydroxyl groups is 2. The van der Waals surface area contributed by atoms with Gasteiger partial charge in [0.25, 0.3) is 5.91 Å². The average molecular weight is 543 g/mol. The first-order valence-electron chi connectivity index (χ1n) is 13.0. The maximum Gasteiger partial charge on any atom is 0.410 e. The summed E-state index contributed by atoms with van der Waals surface area (Å²) in [5.41, 5.74) is 6.11. The predicted molar refractivity (Wildman–Crippen MR) is 138 cm³/mol. The fraction of sp³-hybridized carbons (Fsp3) is 0.640. The van der Waals surface area contributed by atoms with Crippen LogP contribution in [0.1, 0.15) is 46.2 Å². The molecule has 5 rings (SSSR count). The number of aromatic nitrogens is 4. The van der Waals surface area contributed by atoms with Crippen LogP contribution in [0.15, 0.2) is 6.33 Å². The van der Waals surface area contributed by atoms with E-state index in [4.69, 9.17) is 15.2 Å². The summed E-state index contributed by atoms with van der Waals surface area (Å²) in [7, 11) is 0. The number of nitrogens with two attached hydrogens (primary N) is 1. The van der Waals surface area contributed by atoms with Gasteiger partial charge in [-0.15, -0.1) is 0 Å². The Morgan fingerprint density at radius 3 is 2.67 bits per heavy atom. The minimum atomic E-state index is -1.43. The lowest BCUT2D eigenvalue weighted by Crippen LogP contribution is -2.50. The van der Waals surface area contributed by atoms with Crippen molar-refractivity contribution in [3.8, 4) is 11.8 Å². The van der Waals surface area contributed by atoms with E-state index in [1.165, 1.54) is 10.9 Å². The zero-order valence-corrected chi connectivity index (χ0v) is 22.4. The van der Waals surface area contributed by atoms with Crippen LogP contribution in [0.4, 0.5) is 10.6 Å². The molecular formula is C25H34N8O6. The first-order valence-corrected chi connectivity index (χ1v) is 13.0. The van der Waals surface area contributed by atoms with Gasteiger partial charge >= 0.3 is 6.09 Å². The van der Waals surface area contributed by atoms with Gasteiger partial charge in [0.2, 0.25) is 5.82 Å². The molecule has 210 valence electrons. The minimum Gasteiger partial charge on any atom is -0.444 e. The number of ether oxygens (including phenoxy) is 2. The van der Waals surface area contributed by atoms with Crippen molar-refractivity contribution in [3.63, 3.8) is 0 Å². The smallest absolute Gasteiger partial charge is 0.410 e. The van der Waals surface area contributed by atoms with Crippen LogP contribution in [0.2, 0.25) is 0 Å². The van der Waals surface area contributed by atoms with Crippen molar-refractivity contribution in [2.75, 3.05) is 31.9 Å². The van der Waals surface area contributed by atoms with Crippen molar-refractivity contribution in [1.29, 1.82) is 0 Å². The van der Waals surface area contributed by atoms with Crippen molar-refractivity contribution >= 4 is 29.0 Å². The molecule has 0 radical (unpaired) electrons. The molecule has 0 aliphatic carbocycles. The molecule has 6 unspecified atom stereocenters. The Labute approximate surface area is 225 Å². The second-order valence-corrected chi connectivity index (χ2v) is 11.0. The highest BCUT2D eigenvalue weighted by molar-refractivity contribution is 5.83. The van der Waals surface area contributed by atoms with E-state index >= 15 is 0 Å². The van der Waals surface area contributed by atoms with Crippen LogP contribution in [-0.4, -0.2) is 114 Å². The Hall–Kier alpha value is -3.51. The van der Waals surface area contributed by atoms with E-state index < -0.39 is 36.0 Å². The van der Waals surface area contributed by atoms with Gasteiger partial charge in [0.05, 0.1) is 12.9 Å². The van der Waals surface area contributed by atoms with Crippen molar-refractivity contribution in [2.45, 2.75) is 76.3 Å². The first kappa shape index (κ1) is 27.1. The van der Waals surface area contributed by atoms with Gasteiger partial charge in [0, 0.05) is 31.7 Å². The lowest BCUT2D eigenvalue weighted by molar-refractivity contribution is -0.137. The van der Waals surface area contributed by atoms with Crippen LogP contribution in [0, 0.1) is 11.8 Å². The normalized spacial score (nSPS) is 28.5. The molecule has 2 aromatic heterocycles. The summed E-state index contributed by atoms with van der Waals surface area (Å²) in [5, 5.41) is 23.6. The monoisotopic (exact) mass is 542 g/mol. The number of nitrogens with zero attached hydrogens (tertiary/aromatic N) is 6. The highest BCUT2D eigenvalue weighted by Gasteiger charge is 2.48. The van der Waals surface area contributed by atoms with Gasteiger partial charge in [-0.1, -0.05) is 5.92 Å². The van der Waals surface area contributed by atoms with Gasteiger partial charge in [0.15, 0.2) is 23.8 Å². The van der Waals surface area contributed by atoms with Crippen LogP contribution in [-0.2, 0) is 14.3 Å². The predicted octanol–water partition coefficient (Wildman–Crippen LogP) is -0.791. The number of imidazole rings is 1. The van der Waals surface area contributed by atoms with E-state index in [1.807, 2.05) is 20.8 Å². The number of amides is 2. The lowest BCUT2D eigenvalue weighted by atomic mass is 10.1. The summed E-state index contributed by atoms with van der Waals surface area (Å²) in [6, 6.07) is 0.303. The molecule has 14 nitrogen and oxygen atoms in total. The van der Waals surface area contributed by atoms with E-state index in [9.17, 15) is 19.8 Å². The summed E-state index contributed by atoms with van der Waals surface area (Å²) in [6.45, 7) is 9.44. The molecule has 5 N–H and O–H groups in total. The molecule has 5 heterocycles. The fourth-order valence-electron chi connectivity index (χ4n) is 5.27. The summed E-state index contributed by atoms with van der Waals surface area (Å²) in [4.78, 5) is 41.7. The Kier molecular flexibility index (Phi) is 7.10. The number of hydrogen-bond acceptors (Lipinski definition) is 11. The summed E-state index contributed by atoms with van der Waals surface area (Å²) >= 11 is 0. The second-order valence-electron chi connectivity index (χ2n) is 11.0. The van der Waals surface area contributed by atoms with Gasteiger partial charge in [-0.05, 0) is 40.0 Å². The van der Waals surface area contributed by atoms with Crippen molar-refractivity contribution in [3.05, 3.63) is 12.2 Å². The number of nitrogens with one attached hydrogen (secondary N) is 1. The number of aliphatic hydroxyl groups excluding tert-OH is 2. The number of rotatable bonds is 4. The van der Waals surface area contributed by atoms with Crippen LogP contribution in [0.3, 0.4) is 0 Å². The van der Waals surface area contributed by atoms with Crippen LogP contribution < -0.4 is 11.1 Å². The standard InChI is InChI=1S/C25H34N8O6/c1-5-27-22(36)19-17(34)18(35)23(38-19)33-12-28-16-20(26)29-15(30-21(16)33)7-6-8-31-10-14-9-13(31)11-32(14)24(37)39-25(2,3)4/h12-14,17-19,23,34-35H,5,8-11H2,1-4H3,(H,27,36)(H2,26,29,30). The molecule has 3 saturated heterocycles. The van der Waals surface area contributed by atoms with Gasteiger partial charge in [-0.3, -0.25) is 14.3 Å². The molecule has 39 heavy (non-hydrogen) atoms. The molecule has 6 atom stereocenters. The number of anilines is 1. The lowest BCUT2D eigenvalue weighted by Gasteiger charge is -2.34. The van der Waals surface area contributed by atoms with Crippen LogP contribution >= 0.6 is 0 Å². The molecule has 2 bridgehead atoms. The molecule has 0 spiro atoms. The largest absolute Gasteiger partial charge is 0.444 e. The zero-order chi connectivity index (χ0) is 28.1.